The summed E-state index contributed by atoms with van der Waals surface area (Å²) < 4.78 is 31.8. The number of hydrogen-bond donors (Lipinski definition) is 1. The molecule has 0 spiro atoms. The molecule has 0 aliphatic carbocycles. The topological polar surface area (TPSA) is 74.2 Å². The molecule has 152 valence electrons. The monoisotopic (exact) mass is 416 g/mol. The Morgan fingerprint density at radius 1 is 1.30 bits per heavy atom. The van der Waals surface area contributed by atoms with E-state index in [-0.39, 0.29) is 18.5 Å². The van der Waals surface area contributed by atoms with Crippen LogP contribution in [-0.4, -0.2) is 75.3 Å². The van der Waals surface area contributed by atoms with E-state index in [2.05, 4.69) is 15.2 Å². The molecule has 0 aromatic heterocycles. The molecular weight excluding hydrogens is 388 g/mol. The molecule has 0 amide bonds. The number of benzene rings is 1. The zero-order valence-corrected chi connectivity index (χ0v) is 17.8. The molecule has 1 fully saturated rings. The average Bonchev–Trinajstić information content (AvgIpc) is 2.62. The van der Waals surface area contributed by atoms with Crippen molar-refractivity contribution in [3.8, 4) is 0 Å². The number of sulfonamides is 1. The fraction of sp³-hybridized carbons (Fsp3) is 0.611. The highest BCUT2D eigenvalue weighted by Gasteiger charge is 2.27. The van der Waals surface area contributed by atoms with Crippen molar-refractivity contribution in [2.45, 2.75) is 26.5 Å². The van der Waals surface area contributed by atoms with E-state index in [9.17, 15) is 8.42 Å². The number of nitrogens with one attached hydrogen (secondary N) is 1. The van der Waals surface area contributed by atoms with E-state index >= 15 is 0 Å². The number of piperazine rings is 1. The number of halogens is 1. The predicted octanol–water partition coefficient (Wildman–Crippen LogP) is 1.79. The van der Waals surface area contributed by atoms with Gasteiger partial charge in [-0.25, -0.2) is 8.42 Å². The third-order valence-corrected chi connectivity index (χ3v) is 6.35. The normalized spacial score (nSPS) is 16.8. The zero-order chi connectivity index (χ0) is 19.9. The van der Waals surface area contributed by atoms with E-state index < -0.39 is 10.0 Å². The number of nitrogens with zero attached hydrogens (tertiary/aromatic N) is 3. The molecule has 0 bridgehead atoms. The van der Waals surface area contributed by atoms with Gasteiger partial charge in [0.25, 0.3) is 0 Å². The average molecular weight is 417 g/mol. The van der Waals surface area contributed by atoms with Crippen LogP contribution in [0.4, 0.5) is 0 Å². The Balaban J connectivity index is 1.84. The summed E-state index contributed by atoms with van der Waals surface area (Å²) in [5.41, 5.74) is 1.06. The highest BCUT2D eigenvalue weighted by Crippen LogP contribution is 2.12. The van der Waals surface area contributed by atoms with Crippen LogP contribution in [-0.2, 0) is 21.3 Å². The molecule has 1 aromatic rings. The summed E-state index contributed by atoms with van der Waals surface area (Å²) in [6.07, 6.45) is 0.0333. The number of hydrogen-bond acceptors (Lipinski definition) is 4. The van der Waals surface area contributed by atoms with Gasteiger partial charge in [0.1, 0.15) is 0 Å². The Morgan fingerprint density at radius 3 is 2.59 bits per heavy atom. The van der Waals surface area contributed by atoms with Gasteiger partial charge in [-0.1, -0.05) is 23.7 Å². The molecule has 1 aliphatic rings. The van der Waals surface area contributed by atoms with Gasteiger partial charge in [0.15, 0.2) is 5.96 Å². The SMILES string of the molecule is CN=C(NCc1cccc(Cl)c1)N1CCN(S(=O)(=O)CCOC(C)C)CC1. The minimum Gasteiger partial charge on any atom is -0.378 e. The summed E-state index contributed by atoms with van der Waals surface area (Å²) in [5.74, 6) is 0.780. The lowest BCUT2D eigenvalue weighted by atomic mass is 10.2. The van der Waals surface area contributed by atoms with Crippen LogP contribution in [0.3, 0.4) is 0 Å². The summed E-state index contributed by atoms with van der Waals surface area (Å²) in [6.45, 7) is 6.71. The first-order valence-electron chi connectivity index (χ1n) is 9.11. The lowest BCUT2D eigenvalue weighted by Gasteiger charge is -2.35. The van der Waals surface area contributed by atoms with Gasteiger partial charge in [0, 0.05) is 44.8 Å². The third-order valence-electron chi connectivity index (χ3n) is 4.28. The Hall–Kier alpha value is -1.35. The molecule has 0 atom stereocenters. The van der Waals surface area contributed by atoms with Crippen LogP contribution in [0.5, 0.6) is 0 Å². The van der Waals surface area contributed by atoms with Crippen molar-refractivity contribution in [3.63, 3.8) is 0 Å². The van der Waals surface area contributed by atoms with Gasteiger partial charge in [-0.2, -0.15) is 4.31 Å². The van der Waals surface area contributed by atoms with E-state index in [0.717, 1.165) is 11.5 Å². The van der Waals surface area contributed by atoms with Gasteiger partial charge in [0.05, 0.1) is 18.5 Å². The first-order valence-corrected chi connectivity index (χ1v) is 11.1. The lowest BCUT2D eigenvalue weighted by Crippen LogP contribution is -2.54. The van der Waals surface area contributed by atoms with Crippen LogP contribution in [0, 0.1) is 0 Å². The van der Waals surface area contributed by atoms with Crippen molar-refractivity contribution in [2.24, 2.45) is 4.99 Å². The fourth-order valence-corrected chi connectivity index (χ4v) is 4.35. The minimum absolute atomic E-state index is 0.0208. The number of guanidine groups is 1. The summed E-state index contributed by atoms with van der Waals surface area (Å²) in [4.78, 5) is 6.39. The van der Waals surface area contributed by atoms with Crippen LogP contribution in [0.15, 0.2) is 29.3 Å². The van der Waals surface area contributed by atoms with Crippen molar-refractivity contribution in [2.75, 3.05) is 45.6 Å². The van der Waals surface area contributed by atoms with Crippen molar-refractivity contribution in [1.82, 2.24) is 14.5 Å². The second kappa shape index (κ2) is 10.3. The van der Waals surface area contributed by atoms with E-state index in [1.54, 1.807) is 7.05 Å². The zero-order valence-electron chi connectivity index (χ0n) is 16.2. The Bertz CT molecular complexity index is 732. The molecule has 0 unspecified atom stereocenters. The van der Waals surface area contributed by atoms with E-state index in [1.165, 1.54) is 4.31 Å². The maximum Gasteiger partial charge on any atom is 0.216 e. The molecule has 1 aliphatic heterocycles. The summed E-state index contributed by atoms with van der Waals surface area (Å²) >= 11 is 6.02. The van der Waals surface area contributed by atoms with Gasteiger partial charge >= 0.3 is 0 Å². The molecule has 1 saturated heterocycles. The highest BCUT2D eigenvalue weighted by molar-refractivity contribution is 7.89. The number of aliphatic imine (C=N–C) groups is 1. The van der Waals surface area contributed by atoms with Gasteiger partial charge in [-0.05, 0) is 31.5 Å². The lowest BCUT2D eigenvalue weighted by molar-refractivity contribution is 0.0904. The molecule has 1 heterocycles. The molecule has 1 aromatic carbocycles. The molecular formula is C18H29ClN4O3S. The van der Waals surface area contributed by atoms with Gasteiger partial charge < -0.3 is 15.0 Å². The summed E-state index contributed by atoms with van der Waals surface area (Å²) in [6, 6.07) is 7.65. The Kier molecular flexibility index (Phi) is 8.34. The fourth-order valence-electron chi connectivity index (χ4n) is 2.86. The maximum atomic E-state index is 12.4. The summed E-state index contributed by atoms with van der Waals surface area (Å²) in [7, 11) is -1.56. The van der Waals surface area contributed by atoms with Crippen molar-refractivity contribution in [1.29, 1.82) is 0 Å². The van der Waals surface area contributed by atoms with Gasteiger partial charge in [-0.15, -0.1) is 0 Å². The highest BCUT2D eigenvalue weighted by atomic mass is 35.5. The standard InChI is InChI=1S/C18H29ClN4O3S/c1-15(2)26-11-12-27(24,25)23-9-7-22(8-10-23)18(20-3)21-14-16-5-4-6-17(19)13-16/h4-6,13,15H,7-12,14H2,1-3H3,(H,20,21). The Labute approximate surface area is 167 Å². The van der Waals surface area contributed by atoms with Crippen LogP contribution < -0.4 is 5.32 Å². The van der Waals surface area contributed by atoms with E-state index in [4.69, 9.17) is 16.3 Å². The number of ether oxygens (including phenoxy) is 1. The quantitative estimate of drug-likeness (QED) is 0.541. The summed E-state index contributed by atoms with van der Waals surface area (Å²) in [5, 5.41) is 4.01. The van der Waals surface area contributed by atoms with Gasteiger partial charge in [0.2, 0.25) is 10.0 Å². The first kappa shape index (κ1) is 21.9. The second-order valence-electron chi connectivity index (χ2n) is 6.65. The predicted molar refractivity (Wildman–Crippen MR) is 110 cm³/mol. The molecule has 7 nitrogen and oxygen atoms in total. The van der Waals surface area contributed by atoms with Crippen molar-refractivity contribution < 1.29 is 13.2 Å². The van der Waals surface area contributed by atoms with Gasteiger partial charge in [-0.3, -0.25) is 4.99 Å². The molecule has 0 saturated carbocycles. The van der Waals surface area contributed by atoms with Crippen molar-refractivity contribution in [3.05, 3.63) is 34.9 Å². The first-order chi connectivity index (χ1) is 12.8. The van der Waals surface area contributed by atoms with E-state index in [1.807, 2.05) is 38.1 Å². The van der Waals surface area contributed by atoms with Crippen LogP contribution >= 0.6 is 11.6 Å². The Morgan fingerprint density at radius 2 is 2.00 bits per heavy atom. The van der Waals surface area contributed by atoms with Crippen LogP contribution in [0.2, 0.25) is 5.02 Å². The number of rotatable bonds is 7. The van der Waals surface area contributed by atoms with Crippen LogP contribution in [0.1, 0.15) is 19.4 Å². The van der Waals surface area contributed by atoms with E-state index in [0.29, 0.717) is 37.7 Å². The smallest absolute Gasteiger partial charge is 0.216 e. The largest absolute Gasteiger partial charge is 0.378 e. The van der Waals surface area contributed by atoms with Crippen LogP contribution in [0.25, 0.3) is 0 Å². The van der Waals surface area contributed by atoms with Crippen molar-refractivity contribution >= 4 is 27.6 Å². The molecule has 1 N–H and O–H groups in total. The molecule has 27 heavy (non-hydrogen) atoms. The molecule has 9 heteroatoms. The molecule has 2 rings (SSSR count). The minimum atomic E-state index is -3.29. The third kappa shape index (κ3) is 6.95. The molecule has 0 radical (unpaired) electrons. The maximum absolute atomic E-state index is 12.4. The second-order valence-corrected chi connectivity index (χ2v) is 9.18.